The van der Waals surface area contributed by atoms with E-state index in [4.69, 9.17) is 9.97 Å². The lowest BCUT2D eigenvalue weighted by atomic mass is 10.0. The third-order valence-corrected chi connectivity index (χ3v) is 6.61. The van der Waals surface area contributed by atoms with Gasteiger partial charge >= 0.3 is 0 Å². The first-order chi connectivity index (χ1) is 16.8. The van der Waals surface area contributed by atoms with E-state index >= 15 is 0 Å². The number of nitrogens with one attached hydrogen (secondary N) is 2. The first kappa shape index (κ1) is 22.4. The predicted octanol–water partition coefficient (Wildman–Crippen LogP) is 8.34. The Labute approximate surface area is 201 Å². The van der Waals surface area contributed by atoms with Crippen LogP contribution in [0.25, 0.3) is 46.4 Å². The van der Waals surface area contributed by atoms with Crippen molar-refractivity contribution in [2.75, 3.05) is 0 Å². The Kier molecular flexibility index (Phi) is 7.04. The van der Waals surface area contributed by atoms with E-state index in [1.165, 1.54) is 56.9 Å². The zero-order valence-corrected chi connectivity index (χ0v) is 20.1. The number of aryl methyl sites for hydroxylation is 1. The minimum atomic E-state index is 0.953. The summed E-state index contributed by atoms with van der Waals surface area (Å²) >= 11 is 0. The number of aromatic nitrogens is 4. The van der Waals surface area contributed by atoms with Crippen LogP contribution in [-0.2, 0) is 6.42 Å². The topological polar surface area (TPSA) is 57.4 Å². The molecule has 0 aliphatic carbocycles. The van der Waals surface area contributed by atoms with Gasteiger partial charge in [0.25, 0.3) is 0 Å². The molecule has 0 aromatic carbocycles. The number of rotatable bonds is 9. The highest BCUT2D eigenvalue weighted by Crippen LogP contribution is 2.23. The van der Waals surface area contributed by atoms with Crippen molar-refractivity contribution in [3.8, 4) is 0 Å². The smallest absolute Gasteiger partial charge is 0.0690 e. The fraction of sp³-hybridized carbons (Fsp3) is 0.333. The minimum Gasteiger partial charge on any atom is -0.355 e. The van der Waals surface area contributed by atoms with Crippen LogP contribution in [0.5, 0.6) is 0 Å². The Hall–Kier alpha value is -3.40. The van der Waals surface area contributed by atoms with Gasteiger partial charge in [0.15, 0.2) is 0 Å². The van der Waals surface area contributed by atoms with Crippen LogP contribution in [0.1, 0.15) is 86.6 Å². The summed E-state index contributed by atoms with van der Waals surface area (Å²) in [6.07, 6.45) is 20.0. The van der Waals surface area contributed by atoms with E-state index in [1.54, 1.807) is 0 Å². The van der Waals surface area contributed by atoms with Crippen LogP contribution in [0.4, 0.5) is 0 Å². The van der Waals surface area contributed by atoms with Gasteiger partial charge in [0.2, 0.25) is 0 Å². The van der Waals surface area contributed by atoms with Crippen molar-refractivity contribution in [3.05, 3.63) is 70.8 Å². The highest BCUT2D eigenvalue weighted by Gasteiger charge is 2.09. The summed E-state index contributed by atoms with van der Waals surface area (Å²) < 4.78 is 0. The van der Waals surface area contributed by atoms with Crippen LogP contribution >= 0.6 is 0 Å². The van der Waals surface area contributed by atoms with Crippen molar-refractivity contribution < 1.29 is 0 Å². The third kappa shape index (κ3) is 5.56. The van der Waals surface area contributed by atoms with E-state index in [9.17, 15) is 0 Å². The molecule has 0 saturated carbocycles. The maximum Gasteiger partial charge on any atom is 0.0690 e. The second-order valence-corrected chi connectivity index (χ2v) is 9.38. The molecule has 2 aliphatic rings. The van der Waals surface area contributed by atoms with E-state index in [-0.39, 0.29) is 0 Å². The summed E-state index contributed by atoms with van der Waals surface area (Å²) in [5.74, 6) is 0. The fourth-order valence-electron chi connectivity index (χ4n) is 4.77. The van der Waals surface area contributed by atoms with Crippen molar-refractivity contribution in [1.82, 2.24) is 19.9 Å². The van der Waals surface area contributed by atoms with Crippen LogP contribution in [-0.4, -0.2) is 19.9 Å². The lowest BCUT2D eigenvalue weighted by Crippen LogP contribution is -1.92. The first-order valence-corrected chi connectivity index (χ1v) is 12.8. The third-order valence-electron chi connectivity index (χ3n) is 6.61. The van der Waals surface area contributed by atoms with Crippen LogP contribution in [0, 0.1) is 0 Å². The molecule has 34 heavy (non-hydrogen) atoms. The van der Waals surface area contributed by atoms with Gasteiger partial charge in [-0.2, -0.15) is 0 Å². The van der Waals surface area contributed by atoms with Gasteiger partial charge < -0.3 is 9.97 Å². The summed E-state index contributed by atoms with van der Waals surface area (Å²) in [5, 5.41) is 0. The van der Waals surface area contributed by atoms with Gasteiger partial charge in [0, 0.05) is 27.6 Å². The van der Waals surface area contributed by atoms with E-state index in [2.05, 4.69) is 83.7 Å². The molecular formula is C30H34N4. The van der Waals surface area contributed by atoms with Crippen LogP contribution < -0.4 is 0 Å². The Morgan fingerprint density at radius 2 is 1.15 bits per heavy atom. The quantitative estimate of drug-likeness (QED) is 0.222. The van der Waals surface area contributed by atoms with Gasteiger partial charge in [-0.15, -0.1) is 0 Å². The van der Waals surface area contributed by atoms with Gasteiger partial charge in [0.05, 0.1) is 22.8 Å². The molecule has 0 fully saturated rings. The molecule has 0 saturated heterocycles. The standard InChI is InChI=1S/C30H34N4/c1-2-3-4-5-6-7-8-9-10-28-29-17-15-26(33-29)20-24-13-11-22(31-24)19-23-12-14-25(32-23)21-27-16-18-30(28)34-27/h11-21,31,34H,2-10H2,1H3. The summed E-state index contributed by atoms with van der Waals surface area (Å²) in [7, 11) is 0. The second-order valence-electron chi connectivity index (χ2n) is 9.38. The summed E-state index contributed by atoms with van der Waals surface area (Å²) in [6, 6.07) is 14.8. The SMILES string of the molecule is CCCCCCCCCCc1c2nc(cc3ccc(cc4nc(cc5ccc1[nH]5)C=C4)[nH]3)C=C2. The maximum atomic E-state index is 4.98. The van der Waals surface area contributed by atoms with E-state index in [1.807, 2.05) is 0 Å². The molecule has 174 valence electrons. The van der Waals surface area contributed by atoms with Gasteiger partial charge in [-0.3, -0.25) is 0 Å². The van der Waals surface area contributed by atoms with Crippen LogP contribution in [0.2, 0.25) is 0 Å². The summed E-state index contributed by atoms with van der Waals surface area (Å²) in [6.45, 7) is 2.28. The van der Waals surface area contributed by atoms with Gasteiger partial charge in [-0.25, -0.2) is 9.97 Å². The Bertz CT molecular complexity index is 1350. The molecule has 2 N–H and O–H groups in total. The zero-order chi connectivity index (χ0) is 23.2. The average Bonchev–Trinajstić information content (AvgIpc) is 3.63. The van der Waals surface area contributed by atoms with Crippen LogP contribution in [0.3, 0.4) is 0 Å². The molecule has 8 bridgehead atoms. The molecule has 0 atom stereocenters. The number of hydrogen-bond donors (Lipinski definition) is 2. The van der Waals surface area contributed by atoms with E-state index in [0.717, 1.165) is 51.3 Å². The molecule has 4 heteroatoms. The largest absolute Gasteiger partial charge is 0.355 e. The Balaban J connectivity index is 1.48. The molecule has 0 spiro atoms. The number of H-pyrrole nitrogens is 2. The van der Waals surface area contributed by atoms with Crippen LogP contribution in [0.15, 0.2) is 42.5 Å². The zero-order valence-electron chi connectivity index (χ0n) is 20.1. The molecule has 3 aromatic heterocycles. The van der Waals surface area contributed by atoms with Crippen molar-refractivity contribution in [1.29, 1.82) is 0 Å². The van der Waals surface area contributed by atoms with Crippen molar-refractivity contribution in [2.45, 2.75) is 64.7 Å². The second kappa shape index (κ2) is 10.7. The normalized spacial score (nSPS) is 12.5. The number of unbranched alkanes of at least 4 members (excludes halogenated alkanes) is 7. The molecule has 4 nitrogen and oxygen atoms in total. The molecular weight excluding hydrogens is 416 g/mol. The Morgan fingerprint density at radius 1 is 0.588 bits per heavy atom. The van der Waals surface area contributed by atoms with E-state index in [0.29, 0.717) is 0 Å². The van der Waals surface area contributed by atoms with Crippen molar-refractivity contribution in [3.63, 3.8) is 0 Å². The van der Waals surface area contributed by atoms with Gasteiger partial charge in [0.1, 0.15) is 0 Å². The number of hydrogen-bond acceptors (Lipinski definition) is 2. The molecule has 0 amide bonds. The molecule has 0 radical (unpaired) electrons. The van der Waals surface area contributed by atoms with Gasteiger partial charge in [-0.05, 0) is 79.6 Å². The molecule has 3 aromatic rings. The average molecular weight is 451 g/mol. The number of aromatic amines is 2. The Morgan fingerprint density at radius 3 is 1.85 bits per heavy atom. The van der Waals surface area contributed by atoms with E-state index < -0.39 is 0 Å². The lowest BCUT2D eigenvalue weighted by Gasteiger charge is -2.04. The van der Waals surface area contributed by atoms with Crippen molar-refractivity contribution >= 4 is 46.4 Å². The number of nitrogens with zero attached hydrogens (tertiary/aromatic N) is 2. The first-order valence-electron chi connectivity index (χ1n) is 12.8. The highest BCUT2D eigenvalue weighted by atomic mass is 14.8. The number of fused-ring (bicyclic) bond motifs is 8. The fourth-order valence-corrected chi connectivity index (χ4v) is 4.77. The minimum absolute atomic E-state index is 0.953. The lowest BCUT2D eigenvalue weighted by molar-refractivity contribution is 0.575. The molecule has 5 heterocycles. The summed E-state index contributed by atoms with van der Waals surface area (Å²) in [4.78, 5) is 16.8. The molecule has 2 aliphatic heterocycles. The maximum absolute atomic E-state index is 4.98. The molecule has 5 rings (SSSR count). The summed E-state index contributed by atoms with van der Waals surface area (Å²) in [5.41, 5.74) is 9.59. The monoisotopic (exact) mass is 450 g/mol. The highest BCUT2D eigenvalue weighted by molar-refractivity contribution is 5.79. The van der Waals surface area contributed by atoms with Crippen molar-refractivity contribution in [2.24, 2.45) is 0 Å². The van der Waals surface area contributed by atoms with Gasteiger partial charge in [-0.1, -0.05) is 51.9 Å². The molecule has 0 unspecified atom stereocenters. The predicted molar refractivity (Wildman–Crippen MR) is 145 cm³/mol.